The molecule has 2 rings (SSSR count). The molecule has 0 spiro atoms. The van der Waals surface area contributed by atoms with E-state index >= 15 is 0 Å². The number of carbonyl (C=O) groups is 1. The van der Waals surface area contributed by atoms with Crippen LogP contribution in [0.5, 0.6) is 11.5 Å². The van der Waals surface area contributed by atoms with Crippen LogP contribution in [0.4, 0.5) is 5.69 Å². The highest BCUT2D eigenvalue weighted by atomic mass is 32.2. The van der Waals surface area contributed by atoms with Gasteiger partial charge in [-0.1, -0.05) is 43.7 Å². The van der Waals surface area contributed by atoms with Gasteiger partial charge in [-0.15, -0.1) is 0 Å². The number of nitrogens with one attached hydrogen (secondary N) is 1. The Hall–Kier alpha value is -2.74. The molecule has 1 N–H and O–H groups in total. The van der Waals surface area contributed by atoms with Crippen molar-refractivity contribution in [3.8, 4) is 11.5 Å². The van der Waals surface area contributed by atoms with Crippen molar-refractivity contribution in [2.24, 2.45) is 0 Å². The van der Waals surface area contributed by atoms with Gasteiger partial charge in [-0.3, -0.25) is 9.10 Å². The van der Waals surface area contributed by atoms with Crippen molar-refractivity contribution >= 4 is 21.6 Å². The molecule has 30 heavy (non-hydrogen) atoms. The lowest BCUT2D eigenvalue weighted by atomic mass is 10.1. The van der Waals surface area contributed by atoms with Crippen LogP contribution in [0.15, 0.2) is 42.5 Å². The largest absolute Gasteiger partial charge is 0.493 e. The van der Waals surface area contributed by atoms with Crippen molar-refractivity contribution in [2.45, 2.75) is 39.3 Å². The highest BCUT2D eigenvalue weighted by Gasteiger charge is 2.27. The summed E-state index contributed by atoms with van der Waals surface area (Å²) in [6.07, 6.45) is 2.85. The van der Waals surface area contributed by atoms with Crippen LogP contribution in [0.25, 0.3) is 0 Å². The van der Waals surface area contributed by atoms with Crippen LogP contribution in [0, 0.1) is 0 Å². The molecule has 2 aromatic rings. The van der Waals surface area contributed by atoms with E-state index in [4.69, 9.17) is 9.47 Å². The summed E-state index contributed by atoms with van der Waals surface area (Å²) in [4.78, 5) is 13.1. The van der Waals surface area contributed by atoms with Crippen molar-refractivity contribution in [1.29, 1.82) is 0 Å². The van der Waals surface area contributed by atoms with E-state index in [1.165, 1.54) is 30.7 Å². The summed E-state index contributed by atoms with van der Waals surface area (Å²) in [6.45, 7) is 4.04. The molecular formula is C22H30N2O5S. The smallest absolute Gasteiger partial charge is 0.253 e. The molecule has 1 amide bonds. The average molecular weight is 435 g/mol. The summed E-state index contributed by atoms with van der Waals surface area (Å²) < 4.78 is 37.3. The summed E-state index contributed by atoms with van der Waals surface area (Å²) >= 11 is 0. The van der Waals surface area contributed by atoms with Crippen molar-refractivity contribution in [1.82, 2.24) is 5.32 Å². The summed E-state index contributed by atoms with van der Waals surface area (Å²) in [6, 6.07) is 12.2. The first kappa shape index (κ1) is 23.5. The maximum Gasteiger partial charge on any atom is 0.253 e. The van der Waals surface area contributed by atoms with Crippen LogP contribution < -0.4 is 19.1 Å². The van der Waals surface area contributed by atoms with Crippen LogP contribution in [-0.2, 0) is 16.6 Å². The summed E-state index contributed by atoms with van der Waals surface area (Å²) in [7, 11) is -0.764. The van der Waals surface area contributed by atoms with E-state index < -0.39 is 10.0 Å². The van der Waals surface area contributed by atoms with Crippen molar-refractivity contribution in [3.63, 3.8) is 0 Å². The Kier molecular flexibility index (Phi) is 8.11. The number of ether oxygens (including phenoxy) is 2. The summed E-state index contributed by atoms with van der Waals surface area (Å²) in [5.74, 6) is 0.323. The van der Waals surface area contributed by atoms with Gasteiger partial charge >= 0.3 is 0 Å². The normalized spacial score (nSPS) is 12.2. The number of nitrogens with zero attached hydrogens (tertiary/aromatic N) is 1. The van der Waals surface area contributed by atoms with Crippen LogP contribution >= 0.6 is 0 Å². The Bertz CT molecular complexity index is 961. The Morgan fingerprint density at radius 3 is 2.23 bits per heavy atom. The molecule has 0 fully saturated rings. The van der Waals surface area contributed by atoms with Crippen molar-refractivity contribution < 1.29 is 22.7 Å². The second-order valence-electron chi connectivity index (χ2n) is 7.14. The predicted octanol–water partition coefficient (Wildman–Crippen LogP) is 3.59. The third kappa shape index (κ3) is 5.89. The number of amides is 1. The molecule has 0 heterocycles. The average Bonchev–Trinajstić information content (AvgIpc) is 2.71. The third-order valence-electron chi connectivity index (χ3n) is 4.68. The molecule has 0 radical (unpaired) electrons. The molecule has 0 aliphatic heterocycles. The van der Waals surface area contributed by atoms with E-state index in [2.05, 4.69) is 5.32 Å². The highest BCUT2D eigenvalue weighted by molar-refractivity contribution is 7.92. The molecule has 164 valence electrons. The van der Waals surface area contributed by atoms with E-state index in [1.807, 2.05) is 44.2 Å². The fourth-order valence-corrected chi connectivity index (χ4v) is 4.09. The quantitative estimate of drug-likeness (QED) is 0.618. The number of rotatable bonds is 10. The van der Waals surface area contributed by atoms with Crippen LogP contribution in [0.3, 0.4) is 0 Å². The van der Waals surface area contributed by atoms with Gasteiger partial charge < -0.3 is 14.8 Å². The van der Waals surface area contributed by atoms with E-state index in [-0.39, 0.29) is 29.7 Å². The number of hydrogen-bond acceptors (Lipinski definition) is 5. The zero-order valence-electron chi connectivity index (χ0n) is 18.1. The molecular weight excluding hydrogens is 404 g/mol. The van der Waals surface area contributed by atoms with E-state index in [0.29, 0.717) is 11.5 Å². The molecule has 0 unspecified atom stereocenters. The first-order valence-corrected chi connectivity index (χ1v) is 11.6. The molecule has 0 aromatic heterocycles. The van der Waals surface area contributed by atoms with Gasteiger partial charge in [0.25, 0.3) is 5.91 Å². The van der Waals surface area contributed by atoms with Gasteiger partial charge in [-0.25, -0.2) is 8.42 Å². The Balaban J connectivity index is 2.61. The molecule has 7 nitrogen and oxygen atoms in total. The molecule has 1 atom stereocenters. The molecule has 0 aliphatic carbocycles. The first-order chi connectivity index (χ1) is 14.2. The van der Waals surface area contributed by atoms with Gasteiger partial charge in [0, 0.05) is 12.1 Å². The fourth-order valence-electron chi connectivity index (χ4n) is 3.19. The minimum atomic E-state index is -3.70. The van der Waals surface area contributed by atoms with Crippen LogP contribution in [0.1, 0.15) is 42.6 Å². The third-order valence-corrected chi connectivity index (χ3v) is 5.81. The van der Waals surface area contributed by atoms with Crippen LogP contribution in [0.2, 0.25) is 0 Å². The second kappa shape index (κ2) is 10.3. The van der Waals surface area contributed by atoms with Gasteiger partial charge in [-0.2, -0.15) is 0 Å². The zero-order valence-corrected chi connectivity index (χ0v) is 19.0. The summed E-state index contributed by atoms with van der Waals surface area (Å²) in [5, 5.41) is 2.94. The SMILES string of the molecule is CCC[C@@H](C)NC(=O)c1cc(OC)c(OC)cc1N(Cc1ccccc1)S(C)(=O)=O. The predicted molar refractivity (Wildman–Crippen MR) is 119 cm³/mol. The molecule has 8 heteroatoms. The number of methoxy groups -OCH3 is 2. The number of anilines is 1. The number of hydrogen-bond donors (Lipinski definition) is 1. The maximum absolute atomic E-state index is 13.1. The lowest BCUT2D eigenvalue weighted by Gasteiger charge is -2.26. The molecule has 0 bridgehead atoms. The monoisotopic (exact) mass is 434 g/mol. The highest BCUT2D eigenvalue weighted by Crippen LogP contribution is 2.37. The molecule has 0 aliphatic rings. The lowest BCUT2D eigenvalue weighted by Crippen LogP contribution is -2.35. The van der Waals surface area contributed by atoms with E-state index in [1.54, 1.807) is 0 Å². The van der Waals surface area contributed by atoms with Gasteiger partial charge in [0.2, 0.25) is 10.0 Å². The summed E-state index contributed by atoms with van der Waals surface area (Å²) in [5.41, 5.74) is 1.24. The molecule has 0 saturated carbocycles. The van der Waals surface area contributed by atoms with E-state index in [9.17, 15) is 13.2 Å². The van der Waals surface area contributed by atoms with E-state index in [0.717, 1.165) is 24.7 Å². The van der Waals surface area contributed by atoms with Gasteiger partial charge in [0.05, 0.1) is 38.3 Å². The van der Waals surface area contributed by atoms with Gasteiger partial charge in [-0.05, 0) is 25.0 Å². The fraction of sp³-hybridized carbons (Fsp3) is 0.409. The first-order valence-electron chi connectivity index (χ1n) is 9.79. The maximum atomic E-state index is 13.1. The minimum absolute atomic E-state index is 0.0516. The Morgan fingerprint density at radius 2 is 1.70 bits per heavy atom. The zero-order chi connectivity index (χ0) is 22.3. The lowest BCUT2D eigenvalue weighted by molar-refractivity contribution is 0.0938. The van der Waals surface area contributed by atoms with Crippen LogP contribution in [-0.4, -0.2) is 40.8 Å². The molecule has 0 saturated heterocycles. The second-order valence-corrected chi connectivity index (χ2v) is 9.05. The Labute approximate surface area is 179 Å². The standard InChI is InChI=1S/C22H30N2O5S/c1-6-10-16(2)23-22(25)18-13-20(28-3)21(29-4)14-19(18)24(30(5,26)27)15-17-11-8-7-9-12-17/h7-9,11-14,16H,6,10,15H2,1-5H3,(H,23,25)/t16-/m1/s1. The van der Waals surface area contributed by atoms with Crippen molar-refractivity contribution in [2.75, 3.05) is 24.8 Å². The molecule has 2 aromatic carbocycles. The number of sulfonamides is 1. The minimum Gasteiger partial charge on any atom is -0.493 e. The van der Waals surface area contributed by atoms with Crippen molar-refractivity contribution in [3.05, 3.63) is 53.6 Å². The Morgan fingerprint density at radius 1 is 1.10 bits per heavy atom. The number of carbonyl (C=O) groups excluding carboxylic acids is 1. The topological polar surface area (TPSA) is 84.9 Å². The number of benzene rings is 2. The van der Waals surface area contributed by atoms with Gasteiger partial charge in [0.1, 0.15) is 0 Å². The van der Waals surface area contributed by atoms with Gasteiger partial charge in [0.15, 0.2) is 11.5 Å².